The van der Waals surface area contributed by atoms with E-state index in [0.29, 0.717) is 13.0 Å². The molecule has 0 saturated carbocycles. The van der Waals surface area contributed by atoms with Crippen LogP contribution in [-0.2, 0) is 14.6 Å². The highest BCUT2D eigenvalue weighted by molar-refractivity contribution is 7.91. The highest BCUT2D eigenvalue weighted by Crippen LogP contribution is 2.31. The molecular formula is C25H36N6O3S. The first-order valence-corrected chi connectivity index (χ1v) is 14.4. The molecule has 190 valence electrons. The van der Waals surface area contributed by atoms with Gasteiger partial charge in [-0.15, -0.1) is 0 Å². The molecule has 1 amide bonds. The second-order valence-electron chi connectivity index (χ2n) is 9.99. The van der Waals surface area contributed by atoms with Crippen molar-refractivity contribution in [2.24, 2.45) is 0 Å². The van der Waals surface area contributed by atoms with E-state index in [1.54, 1.807) is 0 Å². The van der Waals surface area contributed by atoms with Gasteiger partial charge in [-0.1, -0.05) is 18.2 Å². The summed E-state index contributed by atoms with van der Waals surface area (Å²) in [5.74, 6) is 0.650. The zero-order chi connectivity index (χ0) is 24.6. The Bertz CT molecular complexity index is 1150. The minimum absolute atomic E-state index is 0.0614. The number of nitrogens with zero attached hydrogens (tertiary/aromatic N) is 6. The van der Waals surface area contributed by atoms with Gasteiger partial charge in [0.25, 0.3) is 0 Å². The van der Waals surface area contributed by atoms with Crippen molar-refractivity contribution in [3.05, 3.63) is 41.7 Å². The second kappa shape index (κ2) is 9.81. The van der Waals surface area contributed by atoms with Gasteiger partial charge in [0, 0.05) is 58.0 Å². The van der Waals surface area contributed by atoms with Crippen LogP contribution in [0.1, 0.15) is 23.9 Å². The van der Waals surface area contributed by atoms with Crippen molar-refractivity contribution in [3.63, 3.8) is 0 Å². The van der Waals surface area contributed by atoms with E-state index in [2.05, 4.69) is 39.0 Å². The first-order chi connectivity index (χ1) is 16.8. The molecule has 0 radical (unpaired) electrons. The normalized spacial score (nSPS) is 23.1. The first kappa shape index (κ1) is 24.1. The van der Waals surface area contributed by atoms with Gasteiger partial charge in [0.2, 0.25) is 5.91 Å². The summed E-state index contributed by atoms with van der Waals surface area (Å²) in [5, 5.41) is 4.72. The summed E-state index contributed by atoms with van der Waals surface area (Å²) in [6, 6.07) is 10.3. The van der Waals surface area contributed by atoms with Crippen LogP contribution < -0.4 is 9.80 Å². The predicted octanol–water partition coefficient (Wildman–Crippen LogP) is 1.33. The molecular weight excluding hydrogens is 464 g/mol. The topological polar surface area (TPSA) is 82.0 Å². The van der Waals surface area contributed by atoms with E-state index in [4.69, 9.17) is 5.10 Å². The summed E-state index contributed by atoms with van der Waals surface area (Å²) in [5.41, 5.74) is 4.34. The third-order valence-corrected chi connectivity index (χ3v) is 9.39. The van der Waals surface area contributed by atoms with E-state index in [9.17, 15) is 13.2 Å². The summed E-state index contributed by atoms with van der Waals surface area (Å²) in [4.78, 5) is 21.9. The number of amides is 1. The standard InChI is InChI=1S/C25H36N6O3S/c1-20-25(21(2)31(26-20)23-8-17-35(33,34)19-23)30-11-9-27(10-12-30)18-24(32)29-15-13-28(14-16-29)22-6-4-3-5-7-22/h3-7,23H,8-19H2,1-2H3. The van der Waals surface area contributed by atoms with Gasteiger partial charge in [0.05, 0.1) is 41.2 Å². The van der Waals surface area contributed by atoms with Crippen molar-refractivity contribution in [2.45, 2.75) is 26.3 Å². The van der Waals surface area contributed by atoms with Gasteiger partial charge in [-0.2, -0.15) is 5.10 Å². The van der Waals surface area contributed by atoms with Gasteiger partial charge in [0.1, 0.15) is 0 Å². The van der Waals surface area contributed by atoms with Crippen molar-refractivity contribution in [1.82, 2.24) is 19.6 Å². The Hall–Kier alpha value is -2.59. The Morgan fingerprint density at radius 1 is 0.943 bits per heavy atom. The maximum Gasteiger partial charge on any atom is 0.236 e. The maximum absolute atomic E-state index is 13.0. The zero-order valence-electron chi connectivity index (χ0n) is 20.8. The van der Waals surface area contributed by atoms with Crippen molar-refractivity contribution in [1.29, 1.82) is 0 Å². The predicted molar refractivity (Wildman–Crippen MR) is 138 cm³/mol. The minimum atomic E-state index is -2.95. The van der Waals surface area contributed by atoms with Crippen LogP contribution in [0.2, 0.25) is 0 Å². The lowest BCUT2D eigenvalue weighted by Gasteiger charge is -2.39. The SMILES string of the molecule is Cc1nn(C2CCS(=O)(=O)C2)c(C)c1N1CCN(CC(=O)N2CCN(c3ccccc3)CC2)CC1. The van der Waals surface area contributed by atoms with Crippen LogP contribution in [0.5, 0.6) is 0 Å². The van der Waals surface area contributed by atoms with Gasteiger partial charge in [-0.3, -0.25) is 14.4 Å². The maximum atomic E-state index is 13.0. The number of hydrogen-bond donors (Lipinski definition) is 0. The van der Waals surface area contributed by atoms with Crippen LogP contribution in [0.25, 0.3) is 0 Å². The van der Waals surface area contributed by atoms with E-state index >= 15 is 0 Å². The molecule has 1 atom stereocenters. The summed E-state index contributed by atoms with van der Waals surface area (Å²) < 4.78 is 25.8. The Morgan fingerprint density at radius 2 is 1.60 bits per heavy atom. The van der Waals surface area contributed by atoms with Gasteiger partial charge in [0.15, 0.2) is 9.84 Å². The average Bonchev–Trinajstić information content (AvgIpc) is 3.37. The lowest BCUT2D eigenvalue weighted by atomic mass is 10.2. The number of hydrogen-bond acceptors (Lipinski definition) is 7. The summed E-state index contributed by atoms with van der Waals surface area (Å²) in [6.07, 6.45) is 0.638. The fraction of sp³-hybridized carbons (Fsp3) is 0.600. The number of anilines is 2. The molecule has 1 aromatic heterocycles. The van der Waals surface area contributed by atoms with Gasteiger partial charge < -0.3 is 14.7 Å². The van der Waals surface area contributed by atoms with Crippen LogP contribution >= 0.6 is 0 Å². The molecule has 4 heterocycles. The van der Waals surface area contributed by atoms with Gasteiger partial charge >= 0.3 is 0 Å². The molecule has 2 aromatic rings. The van der Waals surface area contributed by atoms with E-state index in [-0.39, 0.29) is 23.5 Å². The van der Waals surface area contributed by atoms with Crippen LogP contribution in [0.3, 0.4) is 0 Å². The molecule has 3 saturated heterocycles. The molecule has 35 heavy (non-hydrogen) atoms. The number of aryl methyl sites for hydroxylation is 1. The van der Waals surface area contributed by atoms with Crippen LogP contribution in [0.4, 0.5) is 11.4 Å². The van der Waals surface area contributed by atoms with Crippen LogP contribution in [0, 0.1) is 13.8 Å². The Kier molecular flexibility index (Phi) is 6.76. The molecule has 0 spiro atoms. The number of rotatable bonds is 5. The quantitative estimate of drug-likeness (QED) is 0.613. The zero-order valence-corrected chi connectivity index (χ0v) is 21.6. The van der Waals surface area contributed by atoms with E-state index in [0.717, 1.165) is 69.4 Å². The third-order valence-electron chi connectivity index (χ3n) is 7.64. The Morgan fingerprint density at radius 3 is 2.23 bits per heavy atom. The summed E-state index contributed by atoms with van der Waals surface area (Å²) >= 11 is 0. The lowest BCUT2D eigenvalue weighted by molar-refractivity contribution is -0.132. The lowest BCUT2D eigenvalue weighted by Crippen LogP contribution is -2.54. The molecule has 0 aliphatic carbocycles. The minimum Gasteiger partial charge on any atom is -0.368 e. The smallest absolute Gasteiger partial charge is 0.236 e. The second-order valence-corrected chi connectivity index (χ2v) is 12.2. The van der Waals surface area contributed by atoms with E-state index in [1.807, 2.05) is 29.5 Å². The van der Waals surface area contributed by atoms with Crippen molar-refractivity contribution < 1.29 is 13.2 Å². The molecule has 10 heteroatoms. The largest absolute Gasteiger partial charge is 0.368 e. The first-order valence-electron chi connectivity index (χ1n) is 12.6. The Balaban J connectivity index is 1.13. The van der Waals surface area contributed by atoms with Crippen molar-refractivity contribution in [2.75, 3.05) is 80.2 Å². The highest BCUT2D eigenvalue weighted by Gasteiger charge is 2.33. The number of para-hydroxylation sites is 1. The molecule has 3 fully saturated rings. The average molecular weight is 501 g/mol. The molecule has 1 aromatic carbocycles. The molecule has 0 bridgehead atoms. The number of carbonyl (C=O) groups excluding carboxylic acids is 1. The van der Waals surface area contributed by atoms with Crippen LogP contribution in [0.15, 0.2) is 30.3 Å². The Labute approximate surface area is 208 Å². The summed E-state index contributed by atoms with van der Waals surface area (Å²) in [6.45, 7) is 11.1. The highest BCUT2D eigenvalue weighted by atomic mass is 32.2. The van der Waals surface area contributed by atoms with E-state index in [1.165, 1.54) is 5.69 Å². The number of piperazine rings is 2. The number of aromatic nitrogens is 2. The fourth-order valence-corrected chi connectivity index (χ4v) is 7.40. The van der Waals surface area contributed by atoms with Crippen molar-refractivity contribution in [3.8, 4) is 0 Å². The van der Waals surface area contributed by atoms with Gasteiger partial charge in [-0.05, 0) is 32.4 Å². The third kappa shape index (κ3) is 5.18. The van der Waals surface area contributed by atoms with Gasteiger partial charge in [-0.25, -0.2) is 8.42 Å². The van der Waals surface area contributed by atoms with Crippen LogP contribution in [-0.4, -0.2) is 104 Å². The monoisotopic (exact) mass is 500 g/mol. The number of benzene rings is 1. The van der Waals surface area contributed by atoms with E-state index < -0.39 is 9.84 Å². The number of carbonyl (C=O) groups is 1. The molecule has 1 unspecified atom stereocenters. The summed E-state index contributed by atoms with van der Waals surface area (Å²) in [7, 11) is -2.95. The molecule has 3 aliphatic heterocycles. The molecule has 3 aliphatic rings. The fourth-order valence-electron chi connectivity index (χ4n) is 5.71. The molecule has 0 N–H and O–H groups in total. The number of sulfone groups is 1. The molecule has 9 nitrogen and oxygen atoms in total. The molecule has 5 rings (SSSR count). The van der Waals surface area contributed by atoms with Crippen molar-refractivity contribution >= 4 is 27.1 Å².